The highest BCUT2D eigenvalue weighted by molar-refractivity contribution is 4.84. The summed E-state index contributed by atoms with van der Waals surface area (Å²) in [5.74, 6) is 0.836. The van der Waals surface area contributed by atoms with E-state index in [2.05, 4.69) is 16.7 Å². The first-order valence-corrected chi connectivity index (χ1v) is 7.90. The summed E-state index contributed by atoms with van der Waals surface area (Å²) in [5, 5.41) is 8.96. The SMILES string of the molecule is CCN1CCCC(N2CCCC(CCCO)C2)C1. The Bertz CT molecular complexity index is 235. The van der Waals surface area contributed by atoms with E-state index in [1.807, 2.05) is 0 Å². The van der Waals surface area contributed by atoms with Crippen LogP contribution in [0.4, 0.5) is 0 Å². The highest BCUT2D eigenvalue weighted by atomic mass is 16.2. The molecule has 0 bridgehead atoms. The smallest absolute Gasteiger partial charge is 0.0431 e. The zero-order chi connectivity index (χ0) is 12.8. The molecule has 2 aliphatic heterocycles. The Morgan fingerprint density at radius 2 is 1.94 bits per heavy atom. The first-order valence-electron chi connectivity index (χ1n) is 7.90. The Hall–Kier alpha value is -0.120. The molecule has 2 unspecified atom stereocenters. The molecule has 2 saturated heterocycles. The fourth-order valence-electron chi connectivity index (χ4n) is 3.66. The molecule has 1 N–H and O–H groups in total. The summed E-state index contributed by atoms with van der Waals surface area (Å²) >= 11 is 0. The summed E-state index contributed by atoms with van der Waals surface area (Å²) in [7, 11) is 0. The van der Waals surface area contributed by atoms with Crippen LogP contribution < -0.4 is 0 Å². The molecule has 0 aromatic heterocycles. The van der Waals surface area contributed by atoms with E-state index < -0.39 is 0 Å². The summed E-state index contributed by atoms with van der Waals surface area (Å²) in [4.78, 5) is 5.35. The van der Waals surface area contributed by atoms with Crippen LogP contribution in [0.5, 0.6) is 0 Å². The van der Waals surface area contributed by atoms with Crippen molar-refractivity contribution in [2.45, 2.75) is 51.5 Å². The molecule has 0 aromatic carbocycles. The van der Waals surface area contributed by atoms with Crippen LogP contribution in [0, 0.1) is 5.92 Å². The monoisotopic (exact) mass is 254 g/mol. The number of aliphatic hydroxyl groups is 1. The van der Waals surface area contributed by atoms with Gasteiger partial charge < -0.3 is 10.0 Å². The van der Waals surface area contributed by atoms with Gasteiger partial charge in [-0.25, -0.2) is 0 Å². The Balaban J connectivity index is 1.80. The van der Waals surface area contributed by atoms with E-state index in [9.17, 15) is 0 Å². The van der Waals surface area contributed by atoms with Crippen molar-refractivity contribution in [3.8, 4) is 0 Å². The van der Waals surface area contributed by atoms with Crippen molar-refractivity contribution in [1.82, 2.24) is 9.80 Å². The molecule has 0 amide bonds. The van der Waals surface area contributed by atoms with Crippen LogP contribution in [0.15, 0.2) is 0 Å². The van der Waals surface area contributed by atoms with Gasteiger partial charge in [0.2, 0.25) is 0 Å². The number of hydrogen-bond donors (Lipinski definition) is 1. The lowest BCUT2D eigenvalue weighted by atomic mass is 9.91. The lowest BCUT2D eigenvalue weighted by Gasteiger charge is -2.43. The van der Waals surface area contributed by atoms with Gasteiger partial charge in [0.1, 0.15) is 0 Å². The van der Waals surface area contributed by atoms with Gasteiger partial charge in [-0.15, -0.1) is 0 Å². The molecule has 0 aliphatic carbocycles. The van der Waals surface area contributed by atoms with Gasteiger partial charge in [-0.1, -0.05) is 6.92 Å². The van der Waals surface area contributed by atoms with Gasteiger partial charge in [0.05, 0.1) is 0 Å². The molecule has 18 heavy (non-hydrogen) atoms. The average Bonchev–Trinajstić information content (AvgIpc) is 2.45. The molecule has 0 radical (unpaired) electrons. The second kappa shape index (κ2) is 7.46. The lowest BCUT2D eigenvalue weighted by Crippen LogP contribution is -2.51. The first-order chi connectivity index (χ1) is 8.83. The van der Waals surface area contributed by atoms with Crippen molar-refractivity contribution in [2.24, 2.45) is 5.92 Å². The van der Waals surface area contributed by atoms with Crippen molar-refractivity contribution < 1.29 is 5.11 Å². The maximum atomic E-state index is 8.96. The Morgan fingerprint density at radius 1 is 1.11 bits per heavy atom. The average molecular weight is 254 g/mol. The predicted octanol–water partition coefficient (Wildman–Crippen LogP) is 1.96. The fourth-order valence-corrected chi connectivity index (χ4v) is 3.66. The van der Waals surface area contributed by atoms with Crippen LogP contribution >= 0.6 is 0 Å². The Labute approximate surface area is 112 Å². The first kappa shape index (κ1) is 14.3. The molecule has 2 heterocycles. The predicted molar refractivity (Wildman–Crippen MR) is 75.8 cm³/mol. The summed E-state index contributed by atoms with van der Waals surface area (Å²) in [6.07, 6.45) is 7.71. The maximum Gasteiger partial charge on any atom is 0.0431 e. The molecule has 0 saturated carbocycles. The van der Waals surface area contributed by atoms with E-state index >= 15 is 0 Å². The molecule has 2 atom stereocenters. The number of aliphatic hydroxyl groups excluding tert-OH is 1. The van der Waals surface area contributed by atoms with Crippen LogP contribution in [-0.4, -0.2) is 60.3 Å². The number of nitrogens with zero attached hydrogens (tertiary/aromatic N) is 2. The molecular weight excluding hydrogens is 224 g/mol. The topological polar surface area (TPSA) is 26.7 Å². The fraction of sp³-hybridized carbons (Fsp3) is 1.00. The Morgan fingerprint density at radius 3 is 2.72 bits per heavy atom. The maximum absolute atomic E-state index is 8.96. The third kappa shape index (κ3) is 3.94. The summed E-state index contributed by atoms with van der Waals surface area (Å²) < 4.78 is 0. The highest BCUT2D eigenvalue weighted by Gasteiger charge is 2.28. The van der Waals surface area contributed by atoms with Crippen molar-refractivity contribution in [3.63, 3.8) is 0 Å². The van der Waals surface area contributed by atoms with E-state index in [0.29, 0.717) is 6.61 Å². The molecule has 0 aromatic rings. The zero-order valence-electron chi connectivity index (χ0n) is 12.0. The van der Waals surface area contributed by atoms with E-state index in [1.165, 1.54) is 64.8 Å². The van der Waals surface area contributed by atoms with E-state index in [-0.39, 0.29) is 0 Å². The molecule has 106 valence electrons. The molecule has 2 fully saturated rings. The molecule has 0 spiro atoms. The van der Waals surface area contributed by atoms with Gasteiger partial charge >= 0.3 is 0 Å². The number of hydrogen-bond acceptors (Lipinski definition) is 3. The number of likely N-dealkylation sites (tertiary alicyclic amines) is 2. The van der Waals surface area contributed by atoms with Crippen LogP contribution in [0.2, 0.25) is 0 Å². The van der Waals surface area contributed by atoms with Crippen LogP contribution in [0.25, 0.3) is 0 Å². The van der Waals surface area contributed by atoms with Crippen LogP contribution in [-0.2, 0) is 0 Å². The molecular formula is C15H30N2O. The van der Waals surface area contributed by atoms with E-state index in [0.717, 1.165) is 18.4 Å². The largest absolute Gasteiger partial charge is 0.396 e. The molecule has 2 aliphatic rings. The van der Waals surface area contributed by atoms with Crippen LogP contribution in [0.3, 0.4) is 0 Å². The normalized spacial score (nSPS) is 31.7. The molecule has 3 heteroatoms. The van der Waals surface area contributed by atoms with Gasteiger partial charge in [-0.3, -0.25) is 4.90 Å². The third-order valence-electron chi connectivity index (χ3n) is 4.77. The van der Waals surface area contributed by atoms with Crippen molar-refractivity contribution >= 4 is 0 Å². The van der Waals surface area contributed by atoms with Crippen molar-refractivity contribution in [2.75, 3.05) is 39.3 Å². The van der Waals surface area contributed by atoms with Gasteiger partial charge in [-0.2, -0.15) is 0 Å². The van der Waals surface area contributed by atoms with Crippen molar-refractivity contribution in [1.29, 1.82) is 0 Å². The Kier molecular flexibility index (Phi) is 5.93. The van der Waals surface area contributed by atoms with E-state index in [4.69, 9.17) is 5.11 Å². The standard InChI is InChI=1S/C15H30N2O/c1-2-16-9-4-8-15(13-16)17-10-3-6-14(12-17)7-5-11-18/h14-15,18H,2-13H2,1H3. The van der Waals surface area contributed by atoms with Crippen molar-refractivity contribution in [3.05, 3.63) is 0 Å². The second-order valence-corrected chi connectivity index (χ2v) is 6.06. The van der Waals surface area contributed by atoms with Gasteiger partial charge in [-0.05, 0) is 64.1 Å². The minimum Gasteiger partial charge on any atom is -0.396 e. The lowest BCUT2D eigenvalue weighted by molar-refractivity contribution is 0.0616. The number of piperidine rings is 2. The quantitative estimate of drug-likeness (QED) is 0.812. The number of likely N-dealkylation sites (N-methyl/N-ethyl adjacent to an activating group) is 1. The van der Waals surface area contributed by atoms with Crippen LogP contribution in [0.1, 0.15) is 45.4 Å². The minimum absolute atomic E-state index is 0.365. The highest BCUT2D eigenvalue weighted by Crippen LogP contribution is 2.25. The molecule has 2 rings (SSSR count). The van der Waals surface area contributed by atoms with Gasteiger partial charge in [0, 0.05) is 25.7 Å². The van der Waals surface area contributed by atoms with Gasteiger partial charge in [0.15, 0.2) is 0 Å². The minimum atomic E-state index is 0.365. The number of rotatable bonds is 5. The van der Waals surface area contributed by atoms with Gasteiger partial charge in [0.25, 0.3) is 0 Å². The summed E-state index contributed by atoms with van der Waals surface area (Å²) in [6.45, 7) is 9.02. The third-order valence-corrected chi connectivity index (χ3v) is 4.77. The summed E-state index contributed by atoms with van der Waals surface area (Å²) in [5.41, 5.74) is 0. The zero-order valence-corrected chi connectivity index (χ0v) is 12.0. The molecule has 3 nitrogen and oxygen atoms in total. The summed E-state index contributed by atoms with van der Waals surface area (Å²) in [6, 6.07) is 0.802. The second-order valence-electron chi connectivity index (χ2n) is 6.06. The van der Waals surface area contributed by atoms with E-state index in [1.54, 1.807) is 0 Å².